The molecule has 0 aromatic rings. The van der Waals surface area contributed by atoms with Crippen LogP contribution in [0.3, 0.4) is 0 Å². The van der Waals surface area contributed by atoms with E-state index in [4.69, 9.17) is 4.74 Å². The molecule has 136 valence electrons. The normalized spacial score (nSPS) is 30.2. The van der Waals surface area contributed by atoms with Crippen molar-refractivity contribution >= 4 is 11.8 Å². The van der Waals surface area contributed by atoms with Gasteiger partial charge in [-0.3, -0.25) is 9.59 Å². The standard InChI is InChI=1S/C18H30N2O4/c1-2-24-15-12-14(21)18(15)7-10-19(11-8-18)17(23)13-20-9-5-3-4-6-16(20)22/h14-15,21H,2-13H2,1H3/t14-,15+/m1/s1. The van der Waals surface area contributed by atoms with Gasteiger partial charge in [-0.1, -0.05) is 6.42 Å². The summed E-state index contributed by atoms with van der Waals surface area (Å²) in [7, 11) is 0. The van der Waals surface area contributed by atoms with Gasteiger partial charge < -0.3 is 19.6 Å². The largest absolute Gasteiger partial charge is 0.392 e. The lowest BCUT2D eigenvalue weighted by molar-refractivity contribution is -0.210. The number of rotatable bonds is 4. The summed E-state index contributed by atoms with van der Waals surface area (Å²) in [5.41, 5.74) is -0.161. The van der Waals surface area contributed by atoms with Gasteiger partial charge in [-0.25, -0.2) is 0 Å². The van der Waals surface area contributed by atoms with Gasteiger partial charge in [-0.05, 0) is 32.6 Å². The fourth-order valence-electron chi connectivity index (χ4n) is 4.46. The van der Waals surface area contributed by atoms with Gasteiger partial charge in [-0.15, -0.1) is 0 Å². The minimum absolute atomic E-state index is 0.0434. The van der Waals surface area contributed by atoms with Crippen molar-refractivity contribution in [3.8, 4) is 0 Å². The number of aliphatic hydroxyl groups is 1. The summed E-state index contributed by atoms with van der Waals surface area (Å²) in [6, 6.07) is 0. The van der Waals surface area contributed by atoms with Crippen molar-refractivity contribution in [3.05, 3.63) is 0 Å². The molecule has 2 amide bonds. The first-order valence-corrected chi connectivity index (χ1v) is 9.42. The second-order valence-corrected chi connectivity index (χ2v) is 7.44. The Kier molecular flexibility index (Phi) is 5.45. The molecule has 2 heterocycles. The maximum atomic E-state index is 12.6. The number of nitrogens with zero attached hydrogens (tertiary/aromatic N) is 2. The lowest BCUT2D eigenvalue weighted by Crippen LogP contribution is -2.63. The summed E-state index contributed by atoms with van der Waals surface area (Å²) in [4.78, 5) is 28.2. The van der Waals surface area contributed by atoms with Gasteiger partial charge in [0.2, 0.25) is 11.8 Å². The zero-order valence-electron chi connectivity index (χ0n) is 14.7. The van der Waals surface area contributed by atoms with Gasteiger partial charge in [0.1, 0.15) is 0 Å². The Morgan fingerprint density at radius 3 is 2.67 bits per heavy atom. The van der Waals surface area contributed by atoms with E-state index in [1.807, 2.05) is 11.8 Å². The number of ether oxygens (including phenoxy) is 1. The summed E-state index contributed by atoms with van der Waals surface area (Å²) < 4.78 is 5.77. The molecule has 1 N–H and O–H groups in total. The molecule has 3 fully saturated rings. The molecule has 3 rings (SSSR count). The smallest absolute Gasteiger partial charge is 0.242 e. The summed E-state index contributed by atoms with van der Waals surface area (Å²) in [5, 5.41) is 10.2. The van der Waals surface area contributed by atoms with Crippen LogP contribution in [0.5, 0.6) is 0 Å². The Balaban J connectivity index is 1.52. The molecular formula is C18H30N2O4. The third-order valence-corrected chi connectivity index (χ3v) is 6.15. The van der Waals surface area contributed by atoms with E-state index >= 15 is 0 Å². The van der Waals surface area contributed by atoms with Gasteiger partial charge in [-0.2, -0.15) is 0 Å². The van der Waals surface area contributed by atoms with Crippen molar-refractivity contribution in [2.24, 2.45) is 5.41 Å². The van der Waals surface area contributed by atoms with Crippen LogP contribution in [-0.2, 0) is 14.3 Å². The topological polar surface area (TPSA) is 70.1 Å². The van der Waals surface area contributed by atoms with Crippen molar-refractivity contribution < 1.29 is 19.4 Å². The monoisotopic (exact) mass is 338 g/mol. The SMILES string of the molecule is CCO[C@H]1C[C@@H](O)C12CCN(C(=O)CN1CCCCCC1=O)CC2. The molecule has 0 unspecified atom stereocenters. The molecular weight excluding hydrogens is 308 g/mol. The molecule has 6 nitrogen and oxygen atoms in total. The van der Waals surface area contributed by atoms with E-state index < -0.39 is 0 Å². The molecule has 6 heteroatoms. The van der Waals surface area contributed by atoms with Gasteiger partial charge in [0, 0.05) is 44.5 Å². The molecule has 2 saturated heterocycles. The first-order valence-electron chi connectivity index (χ1n) is 9.42. The predicted molar refractivity (Wildman–Crippen MR) is 89.3 cm³/mol. The number of likely N-dealkylation sites (tertiary alicyclic amines) is 2. The second kappa shape index (κ2) is 7.40. The van der Waals surface area contributed by atoms with Crippen LogP contribution in [0.1, 0.15) is 51.9 Å². The number of hydrogen-bond donors (Lipinski definition) is 1. The number of carbonyl (C=O) groups excluding carboxylic acids is 2. The van der Waals surface area contributed by atoms with E-state index in [-0.39, 0.29) is 36.0 Å². The van der Waals surface area contributed by atoms with Crippen LogP contribution in [-0.4, -0.2) is 71.7 Å². The third kappa shape index (κ3) is 3.31. The Hall–Kier alpha value is -1.14. The lowest BCUT2D eigenvalue weighted by Gasteiger charge is -2.56. The van der Waals surface area contributed by atoms with E-state index in [0.717, 1.165) is 32.1 Å². The molecule has 0 aromatic carbocycles. The Bertz CT molecular complexity index is 472. The molecule has 3 aliphatic rings. The summed E-state index contributed by atoms with van der Waals surface area (Å²) in [5.74, 6) is 0.155. The fraction of sp³-hybridized carbons (Fsp3) is 0.889. The third-order valence-electron chi connectivity index (χ3n) is 6.15. The molecule has 2 aliphatic heterocycles. The highest BCUT2D eigenvalue weighted by atomic mass is 16.5. The van der Waals surface area contributed by atoms with Crippen LogP contribution < -0.4 is 0 Å². The maximum absolute atomic E-state index is 12.6. The highest BCUT2D eigenvalue weighted by Gasteiger charge is 2.56. The lowest BCUT2D eigenvalue weighted by atomic mass is 9.58. The van der Waals surface area contributed by atoms with E-state index in [1.54, 1.807) is 4.90 Å². The average molecular weight is 338 g/mol. The molecule has 0 radical (unpaired) electrons. The zero-order chi connectivity index (χ0) is 17.2. The van der Waals surface area contributed by atoms with Crippen LogP contribution in [0.15, 0.2) is 0 Å². The van der Waals surface area contributed by atoms with E-state index in [2.05, 4.69) is 0 Å². The van der Waals surface area contributed by atoms with Crippen molar-refractivity contribution in [3.63, 3.8) is 0 Å². The second-order valence-electron chi connectivity index (χ2n) is 7.44. The molecule has 1 aliphatic carbocycles. The molecule has 0 bridgehead atoms. The average Bonchev–Trinajstić information content (AvgIpc) is 2.79. The van der Waals surface area contributed by atoms with Gasteiger partial charge in [0.25, 0.3) is 0 Å². The number of hydrogen-bond acceptors (Lipinski definition) is 4. The van der Waals surface area contributed by atoms with Gasteiger partial charge in [0.15, 0.2) is 0 Å². The number of amides is 2. The van der Waals surface area contributed by atoms with Crippen LogP contribution >= 0.6 is 0 Å². The zero-order valence-corrected chi connectivity index (χ0v) is 14.7. The van der Waals surface area contributed by atoms with E-state index in [1.165, 1.54) is 0 Å². The van der Waals surface area contributed by atoms with E-state index in [0.29, 0.717) is 39.1 Å². The molecule has 0 aromatic heterocycles. The molecule has 1 saturated carbocycles. The minimum atomic E-state index is -0.307. The number of piperidine rings is 1. The minimum Gasteiger partial charge on any atom is -0.392 e. The van der Waals surface area contributed by atoms with Crippen molar-refractivity contribution in [2.45, 2.75) is 64.1 Å². The number of aliphatic hydroxyl groups excluding tert-OH is 1. The molecule has 2 atom stereocenters. The first-order chi connectivity index (χ1) is 11.6. The van der Waals surface area contributed by atoms with Gasteiger partial charge >= 0.3 is 0 Å². The quantitative estimate of drug-likeness (QED) is 0.835. The van der Waals surface area contributed by atoms with Gasteiger partial charge in [0.05, 0.1) is 18.8 Å². The molecule has 1 spiro atoms. The Morgan fingerprint density at radius 1 is 1.25 bits per heavy atom. The fourth-order valence-corrected chi connectivity index (χ4v) is 4.46. The summed E-state index contributed by atoms with van der Waals surface area (Å²) in [6.07, 6.45) is 5.68. The maximum Gasteiger partial charge on any atom is 0.242 e. The highest BCUT2D eigenvalue weighted by molar-refractivity contribution is 5.85. The van der Waals surface area contributed by atoms with Crippen molar-refractivity contribution in [1.82, 2.24) is 9.80 Å². The first kappa shape index (κ1) is 17.7. The van der Waals surface area contributed by atoms with Crippen molar-refractivity contribution in [1.29, 1.82) is 0 Å². The van der Waals surface area contributed by atoms with Crippen LogP contribution in [0.4, 0.5) is 0 Å². The van der Waals surface area contributed by atoms with Crippen molar-refractivity contribution in [2.75, 3.05) is 32.8 Å². The molecule has 24 heavy (non-hydrogen) atoms. The summed E-state index contributed by atoms with van der Waals surface area (Å²) >= 11 is 0. The van der Waals surface area contributed by atoms with E-state index in [9.17, 15) is 14.7 Å². The van der Waals surface area contributed by atoms with Crippen LogP contribution in [0, 0.1) is 5.41 Å². The highest BCUT2D eigenvalue weighted by Crippen LogP contribution is 2.50. The number of carbonyl (C=O) groups is 2. The summed E-state index contributed by atoms with van der Waals surface area (Å²) in [6.45, 7) is 4.87. The Morgan fingerprint density at radius 2 is 2.00 bits per heavy atom. The predicted octanol–water partition coefficient (Wildman–Crippen LogP) is 1.17. The Labute approximate surface area is 144 Å². The van der Waals surface area contributed by atoms with Crippen LogP contribution in [0.2, 0.25) is 0 Å². The van der Waals surface area contributed by atoms with Crippen LogP contribution in [0.25, 0.3) is 0 Å².